The SMILES string of the molecule is C[C@H]1C[C@H]2CSC(N)=N[C@@]2(c2nc(N3CC(OC(F)(F)F)=CC=C3C(N)=O)cs2)CO1. The number of hydrogen-bond donors (Lipinski definition) is 2. The number of halogens is 3. The highest BCUT2D eigenvalue weighted by atomic mass is 32.2. The van der Waals surface area contributed by atoms with Crippen LogP contribution in [0.15, 0.2) is 34.0 Å². The highest BCUT2D eigenvalue weighted by Gasteiger charge is 2.49. The zero-order valence-electron chi connectivity index (χ0n) is 16.4. The maximum Gasteiger partial charge on any atom is 0.572 e. The Morgan fingerprint density at radius 2 is 2.19 bits per heavy atom. The summed E-state index contributed by atoms with van der Waals surface area (Å²) in [5.74, 6) is 0.0120. The molecule has 0 radical (unpaired) electrons. The van der Waals surface area contributed by atoms with Crippen LogP contribution in [0.1, 0.15) is 18.4 Å². The summed E-state index contributed by atoms with van der Waals surface area (Å²) in [6, 6.07) is 0. The molecule has 4 heterocycles. The highest BCUT2D eigenvalue weighted by Crippen LogP contribution is 2.47. The molecule has 4 rings (SSSR count). The number of primary amides is 1. The maximum absolute atomic E-state index is 12.7. The molecule has 1 fully saturated rings. The van der Waals surface area contributed by atoms with E-state index in [-0.39, 0.29) is 35.8 Å². The van der Waals surface area contributed by atoms with Crippen LogP contribution < -0.4 is 16.4 Å². The van der Waals surface area contributed by atoms with Crippen LogP contribution in [-0.2, 0) is 19.8 Å². The van der Waals surface area contributed by atoms with Crippen LogP contribution in [0, 0.1) is 5.92 Å². The third-order valence-corrected chi connectivity index (χ3v) is 7.24. The first-order valence-corrected chi connectivity index (χ1v) is 11.2. The summed E-state index contributed by atoms with van der Waals surface area (Å²) in [5.41, 5.74) is 10.7. The Labute approximate surface area is 184 Å². The molecule has 1 saturated heterocycles. The van der Waals surface area contributed by atoms with E-state index in [1.807, 2.05) is 6.92 Å². The van der Waals surface area contributed by atoms with E-state index in [2.05, 4.69) is 14.7 Å². The Morgan fingerprint density at radius 3 is 2.90 bits per heavy atom. The number of rotatable bonds is 4. The van der Waals surface area contributed by atoms with Crippen LogP contribution in [-0.4, -0.2) is 47.4 Å². The Hall–Kier alpha value is -2.25. The molecule has 3 aliphatic heterocycles. The third-order valence-electron chi connectivity index (χ3n) is 5.29. The van der Waals surface area contributed by atoms with E-state index >= 15 is 0 Å². The normalized spacial score (nSPS) is 28.9. The minimum Gasteiger partial charge on any atom is -0.408 e. The van der Waals surface area contributed by atoms with Gasteiger partial charge in [0.25, 0.3) is 5.91 Å². The summed E-state index contributed by atoms with van der Waals surface area (Å²) in [6.45, 7) is 1.95. The molecule has 168 valence electrons. The van der Waals surface area contributed by atoms with Gasteiger partial charge in [0.1, 0.15) is 27.8 Å². The van der Waals surface area contributed by atoms with Crippen molar-refractivity contribution in [2.75, 3.05) is 23.8 Å². The number of nitrogens with zero attached hydrogens (tertiary/aromatic N) is 3. The molecule has 0 bridgehead atoms. The van der Waals surface area contributed by atoms with Crippen molar-refractivity contribution in [1.82, 2.24) is 4.98 Å². The number of carbonyl (C=O) groups excluding carboxylic acids is 1. The predicted molar refractivity (Wildman–Crippen MR) is 111 cm³/mol. The predicted octanol–water partition coefficient (Wildman–Crippen LogP) is 2.43. The van der Waals surface area contributed by atoms with E-state index in [4.69, 9.17) is 16.2 Å². The summed E-state index contributed by atoms with van der Waals surface area (Å²) in [6.07, 6.45) is -1.73. The quantitative estimate of drug-likeness (QED) is 0.687. The largest absolute Gasteiger partial charge is 0.572 e. The summed E-state index contributed by atoms with van der Waals surface area (Å²) in [7, 11) is 0. The van der Waals surface area contributed by atoms with Gasteiger partial charge < -0.3 is 25.8 Å². The second kappa shape index (κ2) is 8.02. The molecular formula is C18H20F3N5O3S2. The van der Waals surface area contributed by atoms with Gasteiger partial charge in [0.05, 0.1) is 19.3 Å². The average Bonchev–Trinajstić information content (AvgIpc) is 3.17. The third kappa shape index (κ3) is 4.39. The van der Waals surface area contributed by atoms with Crippen molar-refractivity contribution < 1.29 is 27.4 Å². The highest BCUT2D eigenvalue weighted by molar-refractivity contribution is 8.13. The zero-order valence-corrected chi connectivity index (χ0v) is 18.0. The summed E-state index contributed by atoms with van der Waals surface area (Å²) in [5, 5.41) is 2.71. The van der Waals surface area contributed by atoms with E-state index in [0.29, 0.717) is 16.8 Å². The van der Waals surface area contributed by atoms with Crippen LogP contribution in [0.25, 0.3) is 0 Å². The van der Waals surface area contributed by atoms with E-state index < -0.39 is 17.8 Å². The molecule has 1 aromatic rings. The molecule has 0 saturated carbocycles. The number of aliphatic imine (C=N–C) groups is 1. The van der Waals surface area contributed by atoms with Crippen molar-refractivity contribution in [3.63, 3.8) is 0 Å². The summed E-state index contributed by atoms with van der Waals surface area (Å²) >= 11 is 2.77. The van der Waals surface area contributed by atoms with Crippen LogP contribution in [0.3, 0.4) is 0 Å². The molecule has 3 aliphatic rings. The monoisotopic (exact) mass is 475 g/mol. The maximum atomic E-state index is 12.7. The molecule has 4 N–H and O–H groups in total. The molecule has 13 heteroatoms. The number of anilines is 1. The number of fused-ring (bicyclic) bond motifs is 1. The zero-order chi connectivity index (χ0) is 22.4. The first kappa shape index (κ1) is 22.0. The fourth-order valence-corrected chi connectivity index (χ4v) is 5.89. The molecule has 31 heavy (non-hydrogen) atoms. The van der Waals surface area contributed by atoms with Crippen molar-refractivity contribution in [3.05, 3.63) is 34.0 Å². The van der Waals surface area contributed by atoms with E-state index in [9.17, 15) is 18.0 Å². The Morgan fingerprint density at radius 1 is 1.42 bits per heavy atom. The van der Waals surface area contributed by atoms with E-state index in [1.54, 1.807) is 5.38 Å². The number of alkyl halides is 3. The molecule has 0 aromatic carbocycles. The lowest BCUT2D eigenvalue weighted by Gasteiger charge is -2.44. The number of ether oxygens (including phenoxy) is 2. The van der Waals surface area contributed by atoms with Crippen LogP contribution in [0.2, 0.25) is 0 Å². The summed E-state index contributed by atoms with van der Waals surface area (Å²) in [4.78, 5) is 22.5. The molecule has 1 amide bonds. The second-order valence-electron chi connectivity index (χ2n) is 7.43. The molecule has 3 atom stereocenters. The van der Waals surface area contributed by atoms with Gasteiger partial charge in [0.15, 0.2) is 5.17 Å². The minimum absolute atomic E-state index is 0.0103. The molecule has 1 aromatic heterocycles. The van der Waals surface area contributed by atoms with Crippen molar-refractivity contribution in [1.29, 1.82) is 0 Å². The fraction of sp³-hybridized carbons (Fsp3) is 0.500. The lowest BCUT2D eigenvalue weighted by Crippen LogP contribution is -2.49. The van der Waals surface area contributed by atoms with Gasteiger partial charge >= 0.3 is 6.36 Å². The number of thiazole rings is 1. The number of carbonyl (C=O) groups is 1. The second-order valence-corrected chi connectivity index (χ2v) is 9.33. The van der Waals surface area contributed by atoms with Gasteiger partial charge in [-0.2, -0.15) is 0 Å². The topological polar surface area (TPSA) is 116 Å². The number of hydrogen-bond acceptors (Lipinski definition) is 9. The van der Waals surface area contributed by atoms with Crippen LogP contribution in [0.4, 0.5) is 19.0 Å². The van der Waals surface area contributed by atoms with Gasteiger partial charge in [-0.3, -0.25) is 4.79 Å². The molecule has 8 nitrogen and oxygen atoms in total. The Bertz CT molecular complexity index is 977. The van der Waals surface area contributed by atoms with E-state index in [1.165, 1.54) is 34.1 Å². The number of aromatic nitrogens is 1. The first-order chi connectivity index (χ1) is 14.6. The number of nitrogens with two attached hydrogens (primary N) is 2. The standard InChI is InChI=1S/C18H20F3N5O3S2/c1-9-4-10-6-31-16(23)25-17(10,8-28-9)15-24-13(7-30-15)26-5-11(29-18(19,20)21)2-3-12(26)14(22)27/h2-3,7,9-10H,4-6,8H2,1H3,(H2,22,27)(H2,23,25)/t9-,10-,17-/m0/s1. The smallest absolute Gasteiger partial charge is 0.408 e. The van der Waals surface area contributed by atoms with Gasteiger partial charge in [-0.05, 0) is 25.5 Å². The van der Waals surface area contributed by atoms with Crippen molar-refractivity contribution in [3.8, 4) is 0 Å². The van der Waals surface area contributed by atoms with Crippen LogP contribution in [0.5, 0.6) is 0 Å². The molecule has 0 aliphatic carbocycles. The van der Waals surface area contributed by atoms with Crippen molar-refractivity contribution in [2.24, 2.45) is 22.4 Å². The lowest BCUT2D eigenvalue weighted by molar-refractivity contribution is -0.305. The van der Waals surface area contributed by atoms with Crippen molar-refractivity contribution >= 4 is 40.0 Å². The summed E-state index contributed by atoms with van der Waals surface area (Å²) < 4.78 is 47.9. The van der Waals surface area contributed by atoms with Gasteiger partial charge in [0, 0.05) is 17.1 Å². The Kier molecular flexibility index (Phi) is 5.68. The van der Waals surface area contributed by atoms with Gasteiger partial charge in [-0.25, -0.2) is 9.98 Å². The van der Waals surface area contributed by atoms with Crippen molar-refractivity contribution in [2.45, 2.75) is 31.3 Å². The van der Waals surface area contributed by atoms with Crippen LogP contribution >= 0.6 is 23.1 Å². The lowest BCUT2D eigenvalue weighted by atomic mass is 9.80. The number of allylic oxidation sites excluding steroid dienone is 2. The van der Waals surface area contributed by atoms with E-state index in [0.717, 1.165) is 18.2 Å². The minimum atomic E-state index is -4.85. The molecule has 0 unspecified atom stereocenters. The van der Waals surface area contributed by atoms with Gasteiger partial charge in [-0.1, -0.05) is 11.8 Å². The average molecular weight is 476 g/mol. The number of amidine groups is 1. The molecule has 0 spiro atoms. The van der Waals surface area contributed by atoms with Gasteiger partial charge in [-0.15, -0.1) is 24.5 Å². The van der Waals surface area contributed by atoms with Gasteiger partial charge in [0.2, 0.25) is 0 Å². The number of amides is 1. The number of thioether (sulfide) groups is 1. The Balaban J connectivity index is 1.67. The molecular weight excluding hydrogens is 455 g/mol. The first-order valence-electron chi connectivity index (χ1n) is 9.37. The fourth-order valence-electron chi connectivity index (χ4n) is 3.86.